The van der Waals surface area contributed by atoms with Crippen LogP contribution < -0.4 is 0 Å². The molecule has 0 saturated heterocycles. The molecule has 108 valence electrons. The largest absolute Gasteiger partial charge is 0.478 e. The highest BCUT2D eigenvalue weighted by Crippen LogP contribution is 2.15. The molecule has 0 aliphatic heterocycles. The third kappa shape index (κ3) is 3.44. The molecule has 1 aromatic carbocycles. The third-order valence-electron chi connectivity index (χ3n) is 2.47. The van der Waals surface area contributed by atoms with E-state index in [4.69, 9.17) is 5.11 Å². The van der Waals surface area contributed by atoms with Crippen molar-refractivity contribution < 1.29 is 27.8 Å². The van der Waals surface area contributed by atoms with Gasteiger partial charge in [-0.05, 0) is 18.2 Å². The average Bonchev–Trinajstić information content (AvgIpc) is 2.76. The number of ether oxygens (including phenoxy) is 1. The van der Waals surface area contributed by atoms with E-state index in [1.165, 1.54) is 22.9 Å². The lowest BCUT2D eigenvalue weighted by Crippen LogP contribution is -2.19. The lowest BCUT2D eigenvalue weighted by Gasteiger charge is -2.07. The molecular weight excluding hydrogens is 279 g/mol. The minimum absolute atomic E-state index is 0.0675. The standard InChI is InChI=1S/C11H10F3N3O3/c12-11(13,14)6-20-4-3-17-9-2-1-7(10(18)19)5-8(9)15-16-17/h1-2,5H,3-4,6H2,(H,18,19). The number of hydrogen-bond donors (Lipinski definition) is 1. The van der Waals surface area contributed by atoms with Crippen LogP contribution in [-0.2, 0) is 11.3 Å². The van der Waals surface area contributed by atoms with Gasteiger partial charge in [-0.3, -0.25) is 0 Å². The molecule has 0 saturated carbocycles. The monoisotopic (exact) mass is 289 g/mol. The van der Waals surface area contributed by atoms with Gasteiger partial charge in [0.1, 0.15) is 12.1 Å². The maximum Gasteiger partial charge on any atom is 0.411 e. The summed E-state index contributed by atoms with van der Waals surface area (Å²) in [5, 5.41) is 16.3. The van der Waals surface area contributed by atoms with Crippen LogP contribution in [0.4, 0.5) is 13.2 Å². The van der Waals surface area contributed by atoms with Crippen molar-refractivity contribution in [3.05, 3.63) is 23.8 Å². The molecule has 1 N–H and O–H groups in total. The second-order valence-corrected chi connectivity index (χ2v) is 3.99. The summed E-state index contributed by atoms with van der Waals surface area (Å²) in [5.74, 6) is -1.09. The summed E-state index contributed by atoms with van der Waals surface area (Å²) in [7, 11) is 0. The molecule has 0 fully saturated rings. The quantitative estimate of drug-likeness (QED) is 0.848. The van der Waals surface area contributed by atoms with Crippen molar-refractivity contribution in [3.8, 4) is 0 Å². The summed E-state index contributed by atoms with van der Waals surface area (Å²) >= 11 is 0. The predicted molar refractivity (Wildman–Crippen MR) is 61.4 cm³/mol. The highest BCUT2D eigenvalue weighted by Gasteiger charge is 2.27. The van der Waals surface area contributed by atoms with Gasteiger partial charge in [-0.15, -0.1) is 5.10 Å². The van der Waals surface area contributed by atoms with Crippen molar-refractivity contribution in [3.63, 3.8) is 0 Å². The number of carboxylic acid groups (broad SMARTS) is 1. The van der Waals surface area contributed by atoms with Gasteiger partial charge in [0.05, 0.1) is 24.2 Å². The number of carbonyl (C=O) groups is 1. The minimum atomic E-state index is -4.36. The second kappa shape index (κ2) is 5.45. The highest BCUT2D eigenvalue weighted by molar-refractivity contribution is 5.92. The Balaban J connectivity index is 2.03. The van der Waals surface area contributed by atoms with Gasteiger partial charge in [0.2, 0.25) is 0 Å². The highest BCUT2D eigenvalue weighted by atomic mass is 19.4. The van der Waals surface area contributed by atoms with Crippen molar-refractivity contribution in [2.24, 2.45) is 0 Å². The van der Waals surface area contributed by atoms with Crippen LogP contribution in [0.1, 0.15) is 10.4 Å². The van der Waals surface area contributed by atoms with Crippen molar-refractivity contribution in [1.82, 2.24) is 15.0 Å². The van der Waals surface area contributed by atoms with E-state index >= 15 is 0 Å². The molecule has 1 aromatic heterocycles. The third-order valence-corrected chi connectivity index (χ3v) is 2.47. The van der Waals surface area contributed by atoms with Gasteiger partial charge < -0.3 is 9.84 Å². The summed E-state index contributed by atoms with van der Waals surface area (Å²) in [5.41, 5.74) is 0.962. The van der Waals surface area contributed by atoms with Gasteiger partial charge >= 0.3 is 12.1 Å². The van der Waals surface area contributed by atoms with Crippen LogP contribution in [-0.4, -0.2) is 45.5 Å². The molecule has 2 rings (SSSR count). The number of fused-ring (bicyclic) bond motifs is 1. The molecule has 9 heteroatoms. The summed E-state index contributed by atoms with van der Waals surface area (Å²) in [6.07, 6.45) is -4.36. The Bertz CT molecular complexity index is 624. The van der Waals surface area contributed by atoms with Crippen LogP contribution in [0.15, 0.2) is 18.2 Å². The predicted octanol–water partition coefficient (Wildman–Crippen LogP) is 1.71. The van der Waals surface area contributed by atoms with Crippen LogP contribution in [0, 0.1) is 0 Å². The van der Waals surface area contributed by atoms with Crippen LogP contribution in [0.5, 0.6) is 0 Å². The first-order valence-electron chi connectivity index (χ1n) is 5.58. The number of halogens is 3. The first kappa shape index (κ1) is 14.3. The number of nitrogens with zero attached hydrogens (tertiary/aromatic N) is 3. The number of aromatic carboxylic acids is 1. The van der Waals surface area contributed by atoms with E-state index < -0.39 is 18.8 Å². The molecule has 0 aliphatic carbocycles. The maximum atomic E-state index is 11.9. The molecule has 6 nitrogen and oxygen atoms in total. The van der Waals surface area contributed by atoms with Crippen molar-refractivity contribution in [2.75, 3.05) is 13.2 Å². The van der Waals surface area contributed by atoms with Gasteiger partial charge in [0.25, 0.3) is 0 Å². The Kier molecular flexibility index (Phi) is 3.89. The van der Waals surface area contributed by atoms with Gasteiger partial charge in [-0.25, -0.2) is 9.48 Å². The molecule has 1 heterocycles. The minimum Gasteiger partial charge on any atom is -0.478 e. The van der Waals surface area contributed by atoms with E-state index in [2.05, 4.69) is 15.0 Å². The Morgan fingerprint density at radius 1 is 1.40 bits per heavy atom. The maximum absolute atomic E-state index is 11.9. The number of rotatable bonds is 5. The van der Waals surface area contributed by atoms with E-state index in [9.17, 15) is 18.0 Å². The zero-order valence-corrected chi connectivity index (χ0v) is 10.1. The van der Waals surface area contributed by atoms with Crippen molar-refractivity contribution >= 4 is 17.0 Å². The molecule has 0 amide bonds. The number of carboxylic acids is 1. The SMILES string of the molecule is O=C(O)c1ccc2c(c1)nnn2CCOCC(F)(F)F. The molecule has 0 aliphatic rings. The Hall–Kier alpha value is -2.16. The molecule has 20 heavy (non-hydrogen) atoms. The molecule has 0 unspecified atom stereocenters. The smallest absolute Gasteiger partial charge is 0.411 e. The van der Waals surface area contributed by atoms with E-state index in [0.717, 1.165) is 0 Å². The topological polar surface area (TPSA) is 77.2 Å². The normalized spacial score (nSPS) is 11.9. The molecule has 0 spiro atoms. The fourth-order valence-electron chi connectivity index (χ4n) is 1.61. The number of benzene rings is 1. The van der Waals surface area contributed by atoms with Crippen molar-refractivity contribution in [1.29, 1.82) is 0 Å². The Morgan fingerprint density at radius 3 is 2.80 bits per heavy atom. The van der Waals surface area contributed by atoms with Crippen LogP contribution in [0.3, 0.4) is 0 Å². The van der Waals surface area contributed by atoms with Crippen LogP contribution >= 0.6 is 0 Å². The van der Waals surface area contributed by atoms with E-state index in [1.54, 1.807) is 0 Å². The lowest BCUT2D eigenvalue weighted by atomic mass is 10.2. The van der Waals surface area contributed by atoms with Crippen molar-refractivity contribution in [2.45, 2.75) is 12.7 Å². The van der Waals surface area contributed by atoms with Gasteiger partial charge in [0, 0.05) is 0 Å². The fourth-order valence-corrected chi connectivity index (χ4v) is 1.61. The Morgan fingerprint density at radius 2 is 2.15 bits per heavy atom. The molecule has 0 atom stereocenters. The molecule has 2 aromatic rings. The number of alkyl halides is 3. The zero-order chi connectivity index (χ0) is 14.8. The average molecular weight is 289 g/mol. The van der Waals surface area contributed by atoms with Gasteiger partial charge in [0.15, 0.2) is 0 Å². The summed E-state index contributed by atoms with van der Waals surface area (Å²) in [4.78, 5) is 10.8. The summed E-state index contributed by atoms with van der Waals surface area (Å²) in [6, 6.07) is 4.22. The van der Waals surface area contributed by atoms with Crippen LogP contribution in [0.2, 0.25) is 0 Å². The van der Waals surface area contributed by atoms with E-state index in [0.29, 0.717) is 11.0 Å². The van der Waals surface area contributed by atoms with Gasteiger partial charge in [-0.1, -0.05) is 5.21 Å². The fraction of sp³-hybridized carbons (Fsp3) is 0.364. The molecule has 0 bridgehead atoms. The first-order valence-corrected chi connectivity index (χ1v) is 5.58. The number of hydrogen-bond acceptors (Lipinski definition) is 4. The number of aromatic nitrogens is 3. The second-order valence-electron chi connectivity index (χ2n) is 3.99. The molecule has 0 radical (unpaired) electrons. The molecular formula is C11H10F3N3O3. The van der Waals surface area contributed by atoms with E-state index in [-0.39, 0.29) is 18.7 Å². The van der Waals surface area contributed by atoms with E-state index in [1.807, 2.05) is 0 Å². The summed E-state index contributed by atoms with van der Waals surface area (Å²) in [6.45, 7) is -1.39. The first-order chi connectivity index (χ1) is 9.37. The Labute approximate surface area is 110 Å². The van der Waals surface area contributed by atoms with Crippen LogP contribution in [0.25, 0.3) is 11.0 Å². The van der Waals surface area contributed by atoms with Gasteiger partial charge in [-0.2, -0.15) is 13.2 Å². The summed E-state index contributed by atoms with van der Waals surface area (Å²) < 4.78 is 41.5. The lowest BCUT2D eigenvalue weighted by molar-refractivity contribution is -0.174. The zero-order valence-electron chi connectivity index (χ0n) is 10.1.